The second-order valence-corrected chi connectivity index (χ2v) is 4.37. The monoisotopic (exact) mass is 241 g/mol. The Bertz CT molecular complexity index is 553. The summed E-state index contributed by atoms with van der Waals surface area (Å²) in [7, 11) is 0. The van der Waals surface area contributed by atoms with Crippen LogP contribution in [0.4, 0.5) is 0 Å². The summed E-state index contributed by atoms with van der Waals surface area (Å²) < 4.78 is 5.65. The van der Waals surface area contributed by atoms with Gasteiger partial charge in [-0.25, -0.2) is 4.98 Å². The summed E-state index contributed by atoms with van der Waals surface area (Å²) in [5, 5.41) is 0. The van der Waals surface area contributed by atoms with Crippen LogP contribution in [0.2, 0.25) is 0 Å². The third kappa shape index (κ3) is 2.94. The molecule has 0 aliphatic rings. The molecule has 18 heavy (non-hydrogen) atoms. The molecule has 2 aromatic rings. The first kappa shape index (κ1) is 12.3. The fourth-order valence-electron chi connectivity index (χ4n) is 1.76. The minimum absolute atomic E-state index is 0.000417. The van der Waals surface area contributed by atoms with Gasteiger partial charge in [0.1, 0.15) is 5.75 Å². The average molecular weight is 241 g/mol. The van der Waals surface area contributed by atoms with Crippen molar-refractivity contribution in [2.75, 3.05) is 0 Å². The molecule has 0 radical (unpaired) electrons. The lowest BCUT2D eigenvalue weighted by molar-refractivity contribution is 0.101. The van der Waals surface area contributed by atoms with Gasteiger partial charge in [0.15, 0.2) is 5.78 Å². The molecule has 0 saturated heterocycles. The summed E-state index contributed by atoms with van der Waals surface area (Å²) in [6, 6.07) is 9.40. The molecule has 0 atom stereocenters. The zero-order valence-corrected chi connectivity index (χ0v) is 10.7. The van der Waals surface area contributed by atoms with E-state index in [-0.39, 0.29) is 5.78 Å². The second kappa shape index (κ2) is 5.00. The Morgan fingerprint density at radius 2 is 1.78 bits per heavy atom. The molecule has 3 nitrogen and oxygen atoms in total. The number of rotatable bonds is 3. The highest BCUT2D eigenvalue weighted by Crippen LogP contribution is 2.22. The first-order valence-corrected chi connectivity index (χ1v) is 5.78. The molecular weight excluding hydrogens is 226 g/mol. The van der Waals surface area contributed by atoms with E-state index < -0.39 is 0 Å². The number of pyridine rings is 1. The van der Waals surface area contributed by atoms with Gasteiger partial charge < -0.3 is 4.74 Å². The highest BCUT2D eigenvalue weighted by molar-refractivity contribution is 5.93. The van der Waals surface area contributed by atoms with Crippen molar-refractivity contribution in [3.05, 3.63) is 53.2 Å². The zero-order chi connectivity index (χ0) is 13.1. The number of ether oxygens (including phenoxy) is 1. The van der Waals surface area contributed by atoms with Crippen molar-refractivity contribution in [2.45, 2.75) is 20.8 Å². The molecule has 0 amide bonds. The molecule has 0 fully saturated rings. The highest BCUT2D eigenvalue weighted by Gasteiger charge is 2.03. The van der Waals surface area contributed by atoms with Crippen molar-refractivity contribution in [2.24, 2.45) is 0 Å². The fraction of sp³-hybridized carbons (Fsp3) is 0.200. The number of nitrogens with zero attached hydrogens (tertiary/aromatic N) is 1. The van der Waals surface area contributed by atoms with E-state index in [9.17, 15) is 4.79 Å². The summed E-state index contributed by atoms with van der Waals surface area (Å²) in [5.41, 5.74) is 2.87. The Kier molecular flexibility index (Phi) is 3.42. The molecule has 0 spiro atoms. The number of ketones is 1. The number of benzene rings is 1. The van der Waals surface area contributed by atoms with Crippen LogP contribution in [0.3, 0.4) is 0 Å². The van der Waals surface area contributed by atoms with E-state index in [2.05, 4.69) is 11.1 Å². The number of aryl methyl sites for hydroxylation is 2. The van der Waals surface area contributed by atoms with E-state index >= 15 is 0 Å². The van der Waals surface area contributed by atoms with Gasteiger partial charge in [0.05, 0.1) is 0 Å². The van der Waals surface area contributed by atoms with Gasteiger partial charge in [-0.05, 0) is 50.1 Å². The Labute approximate surface area is 106 Å². The van der Waals surface area contributed by atoms with E-state index in [1.807, 2.05) is 26.0 Å². The number of hydrogen-bond acceptors (Lipinski definition) is 3. The minimum atomic E-state index is 0.000417. The van der Waals surface area contributed by atoms with Crippen LogP contribution in [0, 0.1) is 13.8 Å². The van der Waals surface area contributed by atoms with E-state index in [0.717, 1.165) is 16.9 Å². The summed E-state index contributed by atoms with van der Waals surface area (Å²) in [5.74, 6) is 1.25. The van der Waals surface area contributed by atoms with E-state index in [1.165, 1.54) is 13.1 Å². The molecule has 3 heteroatoms. The first-order chi connectivity index (χ1) is 8.54. The molecule has 0 aliphatic carbocycles. The number of Topliss-reactive ketones (excluding diaryl/α,β-unsaturated/α-hetero) is 1. The summed E-state index contributed by atoms with van der Waals surface area (Å²) in [6.45, 7) is 5.56. The highest BCUT2D eigenvalue weighted by atomic mass is 16.5. The largest absolute Gasteiger partial charge is 0.439 e. The van der Waals surface area contributed by atoms with Gasteiger partial charge in [-0.1, -0.05) is 6.07 Å². The Hall–Kier alpha value is -2.16. The van der Waals surface area contributed by atoms with Crippen molar-refractivity contribution in [1.82, 2.24) is 4.98 Å². The molecule has 0 N–H and O–H groups in total. The lowest BCUT2D eigenvalue weighted by atomic mass is 10.1. The molecule has 0 saturated carbocycles. The van der Waals surface area contributed by atoms with Crippen LogP contribution in [-0.2, 0) is 0 Å². The van der Waals surface area contributed by atoms with Crippen LogP contribution in [0.25, 0.3) is 0 Å². The standard InChI is InChI=1S/C15H15NO2/c1-10-6-11(2)8-14(7-10)18-15-5-4-13(9-16-15)12(3)17/h4-9H,1-3H3. The minimum Gasteiger partial charge on any atom is -0.439 e. The smallest absolute Gasteiger partial charge is 0.219 e. The molecule has 1 heterocycles. The third-order valence-corrected chi connectivity index (χ3v) is 2.56. The first-order valence-electron chi connectivity index (χ1n) is 5.78. The molecule has 0 unspecified atom stereocenters. The normalized spacial score (nSPS) is 10.2. The van der Waals surface area contributed by atoms with Crippen LogP contribution >= 0.6 is 0 Å². The lowest BCUT2D eigenvalue weighted by Gasteiger charge is -2.07. The van der Waals surface area contributed by atoms with Crippen LogP contribution in [-0.4, -0.2) is 10.8 Å². The molecular formula is C15H15NO2. The van der Waals surface area contributed by atoms with Gasteiger partial charge in [0.2, 0.25) is 5.88 Å². The van der Waals surface area contributed by atoms with Crippen molar-refractivity contribution >= 4 is 5.78 Å². The number of carbonyl (C=O) groups excluding carboxylic acids is 1. The van der Waals surface area contributed by atoms with E-state index in [1.54, 1.807) is 12.1 Å². The van der Waals surface area contributed by atoms with Gasteiger partial charge in [-0.15, -0.1) is 0 Å². The molecule has 0 bridgehead atoms. The second-order valence-electron chi connectivity index (χ2n) is 4.37. The van der Waals surface area contributed by atoms with Gasteiger partial charge >= 0.3 is 0 Å². The quantitative estimate of drug-likeness (QED) is 0.769. The maximum Gasteiger partial charge on any atom is 0.219 e. The van der Waals surface area contributed by atoms with E-state index in [0.29, 0.717) is 11.4 Å². The lowest BCUT2D eigenvalue weighted by Crippen LogP contribution is -1.94. The van der Waals surface area contributed by atoms with Crippen LogP contribution in [0.15, 0.2) is 36.5 Å². The zero-order valence-electron chi connectivity index (χ0n) is 10.7. The maximum atomic E-state index is 11.1. The fourth-order valence-corrected chi connectivity index (χ4v) is 1.76. The third-order valence-electron chi connectivity index (χ3n) is 2.56. The van der Waals surface area contributed by atoms with Crippen molar-refractivity contribution in [1.29, 1.82) is 0 Å². The Morgan fingerprint density at radius 3 is 2.28 bits per heavy atom. The average Bonchev–Trinajstić information content (AvgIpc) is 2.28. The van der Waals surface area contributed by atoms with Gasteiger partial charge in [-0.3, -0.25) is 4.79 Å². The van der Waals surface area contributed by atoms with Crippen LogP contribution in [0.5, 0.6) is 11.6 Å². The van der Waals surface area contributed by atoms with E-state index in [4.69, 9.17) is 4.74 Å². The molecule has 92 valence electrons. The number of aromatic nitrogens is 1. The molecule has 0 aliphatic heterocycles. The Balaban J connectivity index is 2.20. The van der Waals surface area contributed by atoms with Gasteiger partial charge in [-0.2, -0.15) is 0 Å². The predicted octanol–water partition coefficient (Wildman–Crippen LogP) is 3.69. The van der Waals surface area contributed by atoms with Crippen molar-refractivity contribution < 1.29 is 9.53 Å². The summed E-state index contributed by atoms with van der Waals surface area (Å²) in [4.78, 5) is 15.2. The van der Waals surface area contributed by atoms with Crippen LogP contribution in [0.1, 0.15) is 28.4 Å². The topological polar surface area (TPSA) is 39.2 Å². The summed E-state index contributed by atoms with van der Waals surface area (Å²) in [6.07, 6.45) is 1.53. The van der Waals surface area contributed by atoms with Crippen LogP contribution < -0.4 is 4.74 Å². The predicted molar refractivity (Wildman–Crippen MR) is 70.2 cm³/mol. The molecule has 1 aromatic heterocycles. The molecule has 1 aromatic carbocycles. The Morgan fingerprint density at radius 1 is 1.11 bits per heavy atom. The van der Waals surface area contributed by atoms with Crippen molar-refractivity contribution in [3.8, 4) is 11.6 Å². The summed E-state index contributed by atoms with van der Waals surface area (Å²) >= 11 is 0. The molecule has 2 rings (SSSR count). The SMILES string of the molecule is CC(=O)c1ccc(Oc2cc(C)cc(C)c2)nc1. The number of hydrogen-bond donors (Lipinski definition) is 0. The maximum absolute atomic E-state index is 11.1. The van der Waals surface area contributed by atoms with Crippen molar-refractivity contribution in [3.63, 3.8) is 0 Å². The van der Waals surface area contributed by atoms with Gasteiger partial charge in [0, 0.05) is 17.8 Å². The number of carbonyl (C=O) groups is 1. The van der Waals surface area contributed by atoms with Gasteiger partial charge in [0.25, 0.3) is 0 Å².